The van der Waals surface area contributed by atoms with Crippen molar-refractivity contribution in [2.45, 2.75) is 149 Å². The molecule has 0 radical (unpaired) electrons. The number of carbonyl (C=O) groups is 3. The first-order chi connectivity index (χ1) is 27.3. The fourth-order valence-electron chi connectivity index (χ4n) is 5.40. The summed E-state index contributed by atoms with van der Waals surface area (Å²) in [6, 6.07) is 21.0. The molecule has 0 bridgehead atoms. The number of ketones is 1. The van der Waals surface area contributed by atoms with Gasteiger partial charge >= 0.3 is 0 Å². The van der Waals surface area contributed by atoms with Crippen molar-refractivity contribution in [3.05, 3.63) is 77.4 Å². The first-order valence-corrected chi connectivity index (χ1v) is 22.9. The number of halogens is 1. The number of rotatable bonds is 20. The highest BCUT2D eigenvalue weighted by Crippen LogP contribution is 2.31. The van der Waals surface area contributed by atoms with Gasteiger partial charge in [-0.25, -0.2) is 0 Å². The molecule has 0 atom stereocenters. The molecule has 3 aromatic rings. The summed E-state index contributed by atoms with van der Waals surface area (Å²) in [5.41, 5.74) is 7.97. The maximum Gasteiger partial charge on any atom is 0.207 e. The average molecular weight is 814 g/mol. The SMILES string of the molecule is CC.CC(C)=O.CCC.CCCCCCCSc1ccc(-c2ccccc2C=O)c(CCNC=O)c1.CCCCCCCSc1ccc2c(c1)CCN2.CNF. The van der Waals surface area contributed by atoms with Gasteiger partial charge in [0.1, 0.15) is 5.78 Å². The van der Waals surface area contributed by atoms with E-state index < -0.39 is 0 Å². The van der Waals surface area contributed by atoms with Gasteiger partial charge in [0.15, 0.2) is 6.29 Å². The van der Waals surface area contributed by atoms with Crippen LogP contribution in [0.2, 0.25) is 0 Å². The Bertz CT molecular complexity index is 1400. The van der Waals surface area contributed by atoms with Crippen LogP contribution in [0.5, 0.6) is 0 Å². The Balaban J connectivity index is 0. The molecule has 9 heteroatoms. The van der Waals surface area contributed by atoms with Gasteiger partial charge in [-0.2, -0.15) is 5.54 Å². The van der Waals surface area contributed by atoms with Gasteiger partial charge in [0.25, 0.3) is 0 Å². The number of carbonyl (C=O) groups excluding carboxylic acids is 3. The van der Waals surface area contributed by atoms with Gasteiger partial charge in [0, 0.05) is 41.2 Å². The number of thioether (sulfide) groups is 2. The summed E-state index contributed by atoms with van der Waals surface area (Å²) in [6.45, 7) is 17.5. The maximum atomic E-state index is 11.4. The lowest BCUT2D eigenvalue weighted by molar-refractivity contribution is -0.115. The number of hydrogen-bond acceptors (Lipinski definition) is 7. The largest absolute Gasteiger partial charge is 0.384 e. The molecule has 0 saturated heterocycles. The number of anilines is 1. The van der Waals surface area contributed by atoms with E-state index in [2.05, 4.69) is 74.7 Å². The number of Topliss-reactive ketones (excluding diaryl/α,β-unsaturated/α-hetero) is 1. The van der Waals surface area contributed by atoms with E-state index in [1.54, 1.807) is 0 Å². The molecule has 316 valence electrons. The van der Waals surface area contributed by atoms with Crippen molar-refractivity contribution in [2.24, 2.45) is 0 Å². The summed E-state index contributed by atoms with van der Waals surface area (Å²) in [4.78, 5) is 34.2. The second-order valence-electron chi connectivity index (χ2n) is 13.2. The van der Waals surface area contributed by atoms with Crippen LogP contribution in [0.25, 0.3) is 11.1 Å². The third-order valence-corrected chi connectivity index (χ3v) is 10.1. The van der Waals surface area contributed by atoms with E-state index >= 15 is 0 Å². The minimum absolute atomic E-state index is 0.167. The summed E-state index contributed by atoms with van der Waals surface area (Å²) in [5.74, 6) is 2.57. The zero-order valence-electron chi connectivity index (χ0n) is 36.4. The van der Waals surface area contributed by atoms with Crippen LogP contribution in [0.1, 0.15) is 148 Å². The molecule has 1 amide bonds. The third-order valence-electron chi connectivity index (χ3n) is 7.90. The first kappa shape index (κ1) is 55.0. The van der Waals surface area contributed by atoms with Gasteiger partial charge in [0.2, 0.25) is 6.41 Å². The van der Waals surface area contributed by atoms with Crippen LogP contribution in [-0.4, -0.2) is 50.1 Å². The molecule has 3 N–H and O–H groups in total. The lowest BCUT2D eigenvalue weighted by atomic mass is 9.94. The summed E-state index contributed by atoms with van der Waals surface area (Å²) in [6.07, 6.45) is 18.2. The molecule has 1 aliphatic heterocycles. The molecule has 0 fully saturated rings. The van der Waals surface area contributed by atoms with E-state index in [1.165, 1.54) is 130 Å². The van der Waals surface area contributed by atoms with Crippen LogP contribution in [0.4, 0.5) is 10.2 Å². The zero-order valence-corrected chi connectivity index (χ0v) is 38.0. The highest BCUT2D eigenvalue weighted by atomic mass is 32.2. The van der Waals surface area contributed by atoms with Gasteiger partial charge in [-0.05, 0) is 104 Å². The number of amides is 1. The van der Waals surface area contributed by atoms with Gasteiger partial charge in [-0.15, -0.1) is 28.0 Å². The van der Waals surface area contributed by atoms with Crippen LogP contribution in [0, 0.1) is 0 Å². The zero-order chi connectivity index (χ0) is 42.2. The van der Waals surface area contributed by atoms with Crippen molar-refractivity contribution in [3.8, 4) is 11.1 Å². The van der Waals surface area contributed by atoms with Crippen LogP contribution in [-0.2, 0) is 22.4 Å². The van der Waals surface area contributed by atoms with Gasteiger partial charge in [-0.1, -0.05) is 130 Å². The minimum Gasteiger partial charge on any atom is -0.384 e. The standard InChI is InChI=1S/C23H29NO2S.C15H23NS.C3H6O.C3H8.C2H6.CH4FN/c1-2-3-4-5-8-15-27-21-11-12-23(19(16-21)13-14-24-18-26)22-10-7-6-9-20(22)17-25;1-2-3-4-5-6-11-17-14-7-8-15-13(12-14)9-10-16-15;1-3(2)4;1-3-2;1-2;1-3-2/h6-7,9-12,16-18H,2-5,8,13-15H2,1H3,(H,24,26);7-8,12,16H,2-6,9-11H2,1H3;1-2H3;3H2,1-2H3;1-2H3;3H,1H3. The van der Waals surface area contributed by atoms with Crippen LogP contribution >= 0.6 is 23.5 Å². The smallest absolute Gasteiger partial charge is 0.207 e. The Hall–Kier alpha value is -3.14. The topological polar surface area (TPSA) is 87.3 Å². The number of hydrogen-bond donors (Lipinski definition) is 3. The van der Waals surface area contributed by atoms with Gasteiger partial charge in [0.05, 0.1) is 0 Å². The van der Waals surface area contributed by atoms with Gasteiger partial charge in [-0.3, -0.25) is 9.59 Å². The minimum atomic E-state index is 0.167. The van der Waals surface area contributed by atoms with E-state index in [9.17, 15) is 18.9 Å². The van der Waals surface area contributed by atoms with E-state index in [-0.39, 0.29) is 5.78 Å². The molecule has 1 heterocycles. The fraction of sp³-hybridized carbons (Fsp3) is 0.553. The third kappa shape index (κ3) is 28.3. The number of fused-ring (bicyclic) bond motifs is 1. The molecule has 1 aliphatic rings. The van der Waals surface area contributed by atoms with Crippen molar-refractivity contribution in [1.82, 2.24) is 10.9 Å². The molecule has 0 aromatic heterocycles. The fourth-order valence-corrected chi connectivity index (χ4v) is 7.35. The first-order valence-electron chi connectivity index (χ1n) is 21.0. The lowest BCUT2D eigenvalue weighted by Crippen LogP contribution is -2.14. The summed E-state index contributed by atoms with van der Waals surface area (Å²) < 4.78 is 10.0. The summed E-state index contributed by atoms with van der Waals surface area (Å²) >= 11 is 3.90. The average Bonchev–Trinajstić information content (AvgIpc) is 3.67. The monoisotopic (exact) mass is 814 g/mol. The Labute approximate surface area is 350 Å². The predicted octanol–water partition coefficient (Wildman–Crippen LogP) is 13.4. The second kappa shape index (κ2) is 40.1. The lowest BCUT2D eigenvalue weighted by Gasteiger charge is -2.14. The van der Waals surface area contributed by atoms with Crippen LogP contribution < -0.4 is 16.2 Å². The van der Waals surface area contributed by atoms with Crippen LogP contribution in [0.15, 0.2) is 70.5 Å². The molecular formula is C47H76FN3O3S2. The number of benzene rings is 3. The molecule has 0 spiro atoms. The highest BCUT2D eigenvalue weighted by molar-refractivity contribution is 7.99. The molecule has 6 nitrogen and oxygen atoms in total. The van der Waals surface area contributed by atoms with E-state index in [1.807, 2.05) is 61.6 Å². The summed E-state index contributed by atoms with van der Waals surface area (Å²) in [5, 5.41) is 6.15. The van der Waals surface area contributed by atoms with Crippen molar-refractivity contribution in [1.29, 1.82) is 0 Å². The highest BCUT2D eigenvalue weighted by Gasteiger charge is 2.11. The molecule has 0 aliphatic carbocycles. The molecule has 0 saturated carbocycles. The molecule has 56 heavy (non-hydrogen) atoms. The second-order valence-corrected chi connectivity index (χ2v) is 15.5. The summed E-state index contributed by atoms with van der Waals surface area (Å²) in [7, 11) is 1.21. The van der Waals surface area contributed by atoms with E-state index in [4.69, 9.17) is 0 Å². The Morgan fingerprint density at radius 3 is 1.82 bits per heavy atom. The number of unbranched alkanes of at least 4 members (excludes halogenated alkanes) is 8. The quantitative estimate of drug-likeness (QED) is 0.0453. The number of aldehydes is 1. The molecule has 4 rings (SSSR count). The van der Waals surface area contributed by atoms with E-state index in [0.717, 1.165) is 48.1 Å². The predicted molar refractivity (Wildman–Crippen MR) is 246 cm³/mol. The van der Waals surface area contributed by atoms with Crippen molar-refractivity contribution >= 4 is 47.7 Å². The Morgan fingerprint density at radius 2 is 1.29 bits per heavy atom. The number of nitrogens with one attached hydrogen (secondary N) is 3. The Morgan fingerprint density at radius 1 is 0.768 bits per heavy atom. The van der Waals surface area contributed by atoms with Crippen molar-refractivity contribution in [2.75, 3.05) is 37.0 Å². The van der Waals surface area contributed by atoms with E-state index in [0.29, 0.717) is 12.1 Å². The molecular weight excluding hydrogens is 738 g/mol. The molecule has 0 unspecified atom stereocenters. The van der Waals surface area contributed by atoms with Crippen molar-refractivity contribution in [3.63, 3.8) is 0 Å². The molecule has 3 aromatic carbocycles. The Kier molecular flexibility index (Phi) is 39.3. The van der Waals surface area contributed by atoms with Crippen LogP contribution in [0.3, 0.4) is 0 Å². The normalized spacial score (nSPS) is 10.4. The van der Waals surface area contributed by atoms with Gasteiger partial charge < -0.3 is 15.4 Å². The van der Waals surface area contributed by atoms with Crippen molar-refractivity contribution < 1.29 is 18.9 Å². The maximum absolute atomic E-state index is 11.4.